The number of carbonyl (C=O) groups excluding carboxylic acids is 2. The lowest BCUT2D eigenvalue weighted by atomic mass is 10.1. The number of aryl methyl sites for hydroxylation is 3. The highest BCUT2D eigenvalue weighted by molar-refractivity contribution is 5.84. The van der Waals surface area contributed by atoms with E-state index in [1.54, 1.807) is 10.7 Å². The molecule has 0 aliphatic rings. The van der Waals surface area contributed by atoms with Crippen LogP contribution < -0.4 is 15.6 Å². The summed E-state index contributed by atoms with van der Waals surface area (Å²) in [6.45, 7) is 5.52. The molecule has 0 atom stereocenters. The van der Waals surface area contributed by atoms with Gasteiger partial charge in [-0.2, -0.15) is 5.10 Å². The zero-order chi connectivity index (χ0) is 17.7. The predicted molar refractivity (Wildman–Crippen MR) is 89.3 cm³/mol. The molecule has 0 aliphatic carbocycles. The minimum Gasteiger partial charge on any atom is -0.484 e. The molecule has 0 radical (unpaired) electrons. The molecule has 1 heterocycles. The number of nitrogens with one attached hydrogen (secondary N) is 2. The highest BCUT2D eigenvalue weighted by Gasteiger charge is 2.14. The van der Waals surface area contributed by atoms with Gasteiger partial charge in [-0.05, 0) is 38.5 Å². The normalized spacial score (nSPS) is 10.3. The maximum absolute atomic E-state index is 11.9. The van der Waals surface area contributed by atoms with Crippen molar-refractivity contribution in [2.45, 2.75) is 27.2 Å². The summed E-state index contributed by atoms with van der Waals surface area (Å²) in [5, 5.41) is 4.26. The van der Waals surface area contributed by atoms with Gasteiger partial charge < -0.3 is 4.74 Å². The fraction of sp³-hybridized carbons (Fsp3) is 0.353. The van der Waals surface area contributed by atoms with Crippen molar-refractivity contribution in [3.63, 3.8) is 0 Å². The zero-order valence-corrected chi connectivity index (χ0v) is 14.3. The number of hydrogen-bond donors (Lipinski definition) is 2. The SMILES string of the molecule is Cc1cccc(OCC(=O)NNC(=O)Cc2c(C)nn(C)c2C)c1. The molecule has 128 valence electrons. The summed E-state index contributed by atoms with van der Waals surface area (Å²) in [7, 11) is 1.83. The van der Waals surface area contributed by atoms with E-state index in [9.17, 15) is 9.59 Å². The van der Waals surface area contributed by atoms with Crippen molar-refractivity contribution >= 4 is 11.8 Å². The van der Waals surface area contributed by atoms with Gasteiger partial charge in [0.2, 0.25) is 5.91 Å². The molecule has 0 fully saturated rings. The number of hydrazine groups is 1. The molecule has 0 unspecified atom stereocenters. The quantitative estimate of drug-likeness (QED) is 0.805. The Bertz CT molecular complexity index is 752. The molecule has 0 bridgehead atoms. The lowest BCUT2D eigenvalue weighted by Gasteiger charge is -2.09. The van der Waals surface area contributed by atoms with E-state index in [1.807, 2.05) is 46.0 Å². The molecule has 2 aromatic rings. The second-order valence-corrected chi connectivity index (χ2v) is 5.65. The molecule has 0 spiro atoms. The van der Waals surface area contributed by atoms with Crippen LogP contribution in [0.4, 0.5) is 0 Å². The molecule has 0 saturated heterocycles. The van der Waals surface area contributed by atoms with E-state index in [1.165, 1.54) is 0 Å². The van der Waals surface area contributed by atoms with Crippen LogP contribution in [0.15, 0.2) is 24.3 Å². The molecule has 7 nitrogen and oxygen atoms in total. The summed E-state index contributed by atoms with van der Waals surface area (Å²) in [5.74, 6) is -0.124. The summed E-state index contributed by atoms with van der Waals surface area (Å²) in [5.41, 5.74) is 8.37. The summed E-state index contributed by atoms with van der Waals surface area (Å²) in [4.78, 5) is 23.7. The summed E-state index contributed by atoms with van der Waals surface area (Å²) in [6.07, 6.45) is 0.157. The Labute approximate surface area is 141 Å². The Morgan fingerprint density at radius 1 is 1.17 bits per heavy atom. The van der Waals surface area contributed by atoms with Gasteiger partial charge in [0.25, 0.3) is 5.91 Å². The van der Waals surface area contributed by atoms with Crippen molar-refractivity contribution < 1.29 is 14.3 Å². The van der Waals surface area contributed by atoms with Gasteiger partial charge in [-0.1, -0.05) is 12.1 Å². The fourth-order valence-electron chi connectivity index (χ4n) is 2.31. The van der Waals surface area contributed by atoms with Crippen LogP contribution >= 0.6 is 0 Å². The Hall–Kier alpha value is -2.83. The number of carbonyl (C=O) groups is 2. The lowest BCUT2D eigenvalue weighted by Crippen LogP contribution is -2.44. The lowest BCUT2D eigenvalue weighted by molar-refractivity contribution is -0.129. The van der Waals surface area contributed by atoms with Crippen LogP contribution in [0.3, 0.4) is 0 Å². The van der Waals surface area contributed by atoms with Gasteiger partial charge in [0.15, 0.2) is 6.61 Å². The van der Waals surface area contributed by atoms with Crippen molar-refractivity contribution in [2.75, 3.05) is 6.61 Å². The Morgan fingerprint density at radius 3 is 2.50 bits per heavy atom. The standard InChI is InChI=1S/C17H22N4O3/c1-11-6-5-7-14(8-11)24-10-17(23)19-18-16(22)9-15-12(2)20-21(4)13(15)3/h5-8H,9-10H2,1-4H3,(H,18,22)(H,19,23). The molecule has 24 heavy (non-hydrogen) atoms. The summed E-state index contributed by atoms with van der Waals surface area (Å²) >= 11 is 0. The third-order valence-electron chi connectivity index (χ3n) is 3.70. The van der Waals surface area contributed by atoms with Gasteiger partial charge in [0.1, 0.15) is 5.75 Å². The molecule has 7 heteroatoms. The summed E-state index contributed by atoms with van der Waals surface area (Å²) in [6, 6.07) is 7.39. The van der Waals surface area contributed by atoms with Crippen LogP contribution in [0.2, 0.25) is 0 Å². The van der Waals surface area contributed by atoms with Crippen molar-refractivity contribution in [2.24, 2.45) is 7.05 Å². The van der Waals surface area contributed by atoms with E-state index in [-0.39, 0.29) is 18.9 Å². The largest absolute Gasteiger partial charge is 0.484 e. The van der Waals surface area contributed by atoms with E-state index in [0.29, 0.717) is 5.75 Å². The van der Waals surface area contributed by atoms with Crippen LogP contribution in [-0.2, 0) is 23.1 Å². The van der Waals surface area contributed by atoms with E-state index >= 15 is 0 Å². The van der Waals surface area contributed by atoms with Crippen LogP contribution in [-0.4, -0.2) is 28.2 Å². The highest BCUT2D eigenvalue weighted by atomic mass is 16.5. The molecule has 0 aliphatic heterocycles. The van der Waals surface area contributed by atoms with Crippen molar-refractivity contribution in [1.82, 2.24) is 20.6 Å². The van der Waals surface area contributed by atoms with Crippen LogP contribution in [0.5, 0.6) is 5.75 Å². The Balaban J connectivity index is 1.78. The average molecular weight is 330 g/mol. The van der Waals surface area contributed by atoms with Gasteiger partial charge in [-0.15, -0.1) is 0 Å². The van der Waals surface area contributed by atoms with Gasteiger partial charge in [-0.3, -0.25) is 25.1 Å². The first-order chi connectivity index (χ1) is 11.4. The second-order valence-electron chi connectivity index (χ2n) is 5.65. The second kappa shape index (κ2) is 7.63. The van der Waals surface area contributed by atoms with Crippen LogP contribution in [0, 0.1) is 20.8 Å². The molecule has 2 N–H and O–H groups in total. The fourth-order valence-corrected chi connectivity index (χ4v) is 2.31. The molecule has 2 amide bonds. The number of hydrogen-bond acceptors (Lipinski definition) is 4. The van der Waals surface area contributed by atoms with E-state index in [2.05, 4.69) is 16.0 Å². The van der Waals surface area contributed by atoms with E-state index < -0.39 is 5.91 Å². The number of aromatic nitrogens is 2. The minimum absolute atomic E-state index is 0.157. The minimum atomic E-state index is -0.426. The first kappa shape index (κ1) is 17.5. The molecular formula is C17H22N4O3. The number of rotatable bonds is 5. The molecule has 1 aromatic heterocycles. The van der Waals surface area contributed by atoms with Gasteiger partial charge in [0, 0.05) is 18.3 Å². The van der Waals surface area contributed by atoms with Gasteiger partial charge in [-0.25, -0.2) is 0 Å². The van der Waals surface area contributed by atoms with Crippen molar-refractivity contribution in [3.8, 4) is 5.75 Å². The van der Waals surface area contributed by atoms with E-state index in [0.717, 1.165) is 22.5 Å². The highest BCUT2D eigenvalue weighted by Crippen LogP contribution is 2.13. The molecular weight excluding hydrogens is 308 g/mol. The van der Waals surface area contributed by atoms with Crippen molar-refractivity contribution in [3.05, 3.63) is 46.8 Å². The van der Waals surface area contributed by atoms with E-state index in [4.69, 9.17) is 4.74 Å². The molecule has 1 aromatic carbocycles. The van der Waals surface area contributed by atoms with Crippen LogP contribution in [0.1, 0.15) is 22.5 Å². The third-order valence-corrected chi connectivity index (χ3v) is 3.70. The van der Waals surface area contributed by atoms with Gasteiger partial charge >= 0.3 is 0 Å². The zero-order valence-electron chi connectivity index (χ0n) is 14.3. The smallest absolute Gasteiger partial charge is 0.276 e. The number of nitrogens with zero attached hydrogens (tertiary/aromatic N) is 2. The topological polar surface area (TPSA) is 85.2 Å². The number of benzene rings is 1. The Kier molecular flexibility index (Phi) is 5.57. The van der Waals surface area contributed by atoms with Crippen LogP contribution in [0.25, 0.3) is 0 Å². The first-order valence-corrected chi connectivity index (χ1v) is 7.63. The number of amides is 2. The monoisotopic (exact) mass is 330 g/mol. The van der Waals surface area contributed by atoms with Crippen molar-refractivity contribution in [1.29, 1.82) is 0 Å². The molecule has 2 rings (SSSR count). The first-order valence-electron chi connectivity index (χ1n) is 7.63. The number of ether oxygens (including phenoxy) is 1. The predicted octanol–water partition coefficient (Wildman–Crippen LogP) is 1.11. The van der Waals surface area contributed by atoms with Gasteiger partial charge in [0.05, 0.1) is 12.1 Å². The maximum atomic E-state index is 11.9. The Morgan fingerprint density at radius 2 is 1.88 bits per heavy atom. The maximum Gasteiger partial charge on any atom is 0.276 e. The molecule has 0 saturated carbocycles. The third kappa shape index (κ3) is 4.58. The summed E-state index contributed by atoms with van der Waals surface area (Å²) < 4.78 is 7.09. The average Bonchev–Trinajstić information content (AvgIpc) is 2.77.